The van der Waals surface area contributed by atoms with Crippen molar-refractivity contribution in [3.05, 3.63) is 41.0 Å². The van der Waals surface area contributed by atoms with Gasteiger partial charge in [-0.15, -0.1) is 4.83 Å². The molecule has 0 fully saturated rings. The molecule has 9 nitrogen and oxygen atoms in total. The maximum atomic E-state index is 12.6. The summed E-state index contributed by atoms with van der Waals surface area (Å²) in [7, 11) is -4.24. The van der Waals surface area contributed by atoms with E-state index in [2.05, 4.69) is 21.0 Å². The molecule has 0 bridgehead atoms. The quantitative estimate of drug-likeness (QED) is 0.419. The van der Waals surface area contributed by atoms with E-state index in [1.807, 2.05) is 4.83 Å². The number of hydrogen-bond donors (Lipinski definition) is 4. The molecule has 14 heteroatoms. The Morgan fingerprint density at radius 1 is 1.07 bits per heavy atom. The summed E-state index contributed by atoms with van der Waals surface area (Å²) in [6.45, 7) is 0. The van der Waals surface area contributed by atoms with Crippen LogP contribution in [0.2, 0.25) is 5.02 Å². The molecule has 0 atom stereocenters. The minimum atomic E-state index is -4.66. The van der Waals surface area contributed by atoms with E-state index in [1.165, 1.54) is 6.07 Å². The van der Waals surface area contributed by atoms with Crippen LogP contribution in [-0.2, 0) is 25.8 Å². The smallest absolute Gasteiger partial charge is 0.324 e. The van der Waals surface area contributed by atoms with Crippen LogP contribution in [0.4, 0.5) is 30.4 Å². The third kappa shape index (κ3) is 4.75. The maximum absolute atomic E-state index is 12.6. The van der Waals surface area contributed by atoms with Crippen LogP contribution in [0.25, 0.3) is 0 Å². The Bertz CT molecular complexity index is 1110. The molecule has 3 rings (SSSR count). The molecule has 154 valence electrons. The van der Waals surface area contributed by atoms with Gasteiger partial charge in [0.15, 0.2) is 5.82 Å². The average molecular weight is 450 g/mol. The molecule has 0 saturated carbocycles. The Morgan fingerprint density at radius 3 is 2.34 bits per heavy atom. The Morgan fingerprint density at radius 2 is 1.72 bits per heavy atom. The zero-order valence-electron chi connectivity index (χ0n) is 14.1. The predicted molar refractivity (Wildman–Crippen MR) is 96.5 cm³/mol. The van der Waals surface area contributed by atoms with Crippen LogP contribution >= 0.6 is 11.6 Å². The van der Waals surface area contributed by atoms with Crippen LogP contribution in [0.1, 0.15) is 12.0 Å². The van der Waals surface area contributed by atoms with Crippen molar-refractivity contribution in [3.63, 3.8) is 0 Å². The number of nitrogens with one attached hydrogen (secondary N) is 4. The van der Waals surface area contributed by atoms with Gasteiger partial charge in [-0.3, -0.25) is 15.0 Å². The van der Waals surface area contributed by atoms with Crippen molar-refractivity contribution in [3.8, 4) is 0 Å². The van der Waals surface area contributed by atoms with Gasteiger partial charge in [0.05, 0.1) is 26.9 Å². The van der Waals surface area contributed by atoms with Gasteiger partial charge in [-0.25, -0.2) is 13.4 Å². The molecular formula is C15H11ClF3N5O4S. The summed E-state index contributed by atoms with van der Waals surface area (Å²) in [5.41, 5.74) is 1.31. The molecule has 2 amide bonds. The molecule has 0 unspecified atom stereocenters. The van der Waals surface area contributed by atoms with Gasteiger partial charge < -0.3 is 10.6 Å². The zero-order chi connectivity index (χ0) is 21.4. The highest BCUT2D eigenvalue weighted by Crippen LogP contribution is 2.32. The number of anilines is 3. The number of hydrogen-bond acceptors (Lipinski definition) is 6. The van der Waals surface area contributed by atoms with Gasteiger partial charge in [0, 0.05) is 6.20 Å². The number of hydrazine groups is 1. The van der Waals surface area contributed by atoms with Gasteiger partial charge in [0.2, 0.25) is 11.8 Å². The number of pyridine rings is 1. The molecule has 1 aliphatic rings. The molecule has 1 aromatic heterocycles. The van der Waals surface area contributed by atoms with Crippen LogP contribution in [0.15, 0.2) is 35.4 Å². The number of rotatable bonds is 4. The van der Waals surface area contributed by atoms with Crippen LogP contribution in [0.3, 0.4) is 0 Å². The molecule has 2 aromatic rings. The molecule has 29 heavy (non-hydrogen) atoms. The van der Waals surface area contributed by atoms with Crippen LogP contribution in [0, 0.1) is 0 Å². The monoisotopic (exact) mass is 449 g/mol. The average Bonchev–Trinajstić information content (AvgIpc) is 2.75. The van der Waals surface area contributed by atoms with E-state index in [4.69, 9.17) is 11.6 Å². The number of benzene rings is 1. The Balaban J connectivity index is 1.80. The number of nitrogens with zero attached hydrogens (tertiary/aromatic N) is 1. The van der Waals surface area contributed by atoms with E-state index < -0.39 is 45.0 Å². The number of fused-ring (bicyclic) bond motifs is 1. The van der Waals surface area contributed by atoms with Crippen LogP contribution in [-0.4, -0.2) is 25.2 Å². The highest BCUT2D eigenvalue weighted by atomic mass is 35.5. The van der Waals surface area contributed by atoms with Crippen molar-refractivity contribution in [2.24, 2.45) is 0 Å². The van der Waals surface area contributed by atoms with E-state index in [1.54, 1.807) is 0 Å². The van der Waals surface area contributed by atoms with Crippen LogP contribution < -0.4 is 20.9 Å². The van der Waals surface area contributed by atoms with Gasteiger partial charge in [-0.1, -0.05) is 11.6 Å². The first-order valence-corrected chi connectivity index (χ1v) is 9.56. The minimum absolute atomic E-state index is 0.0643. The second-order valence-corrected chi connectivity index (χ2v) is 7.85. The molecule has 0 saturated heterocycles. The molecule has 0 aliphatic carbocycles. The summed E-state index contributed by atoms with van der Waals surface area (Å²) in [5, 5.41) is 4.38. The van der Waals surface area contributed by atoms with E-state index in [0.717, 1.165) is 12.1 Å². The van der Waals surface area contributed by atoms with Gasteiger partial charge in [-0.05, 0) is 24.3 Å². The third-order valence-electron chi connectivity index (χ3n) is 3.64. The summed E-state index contributed by atoms with van der Waals surface area (Å²) in [6, 6.07) is 4.12. The number of amides is 2. The second kappa shape index (κ2) is 7.50. The lowest BCUT2D eigenvalue weighted by Gasteiger charge is -2.13. The fourth-order valence-corrected chi connectivity index (χ4v) is 3.38. The first kappa shape index (κ1) is 20.8. The van der Waals surface area contributed by atoms with Crippen molar-refractivity contribution in [2.75, 3.05) is 16.1 Å². The standard InChI is InChI=1S/C15H11ClF3N5O4S/c16-9-3-7(15(17,18)19)6-20-14(9)23-24-29(27,28)8-1-2-10-11(4-8)22-13(26)5-12(25)21-10/h1-4,6,24H,5H2,(H,20,23)(H,21,25)(H,22,26). The third-order valence-corrected chi connectivity index (χ3v) is 5.18. The molecule has 2 heterocycles. The maximum Gasteiger partial charge on any atom is 0.417 e. The Kier molecular flexibility index (Phi) is 5.38. The highest BCUT2D eigenvalue weighted by Gasteiger charge is 2.31. The molecule has 1 aliphatic heterocycles. The van der Waals surface area contributed by atoms with Gasteiger partial charge in [0.1, 0.15) is 6.42 Å². The van der Waals surface area contributed by atoms with Gasteiger partial charge >= 0.3 is 6.18 Å². The number of carbonyl (C=O) groups is 2. The van der Waals surface area contributed by atoms with E-state index in [9.17, 15) is 31.2 Å². The fourth-order valence-electron chi connectivity index (χ4n) is 2.30. The number of halogens is 4. The molecule has 4 N–H and O–H groups in total. The van der Waals surface area contributed by atoms with Crippen molar-refractivity contribution in [2.45, 2.75) is 17.5 Å². The minimum Gasteiger partial charge on any atom is -0.324 e. The SMILES string of the molecule is O=C1CC(=O)Nc2cc(S(=O)(=O)NNc3ncc(C(F)(F)F)cc3Cl)ccc2N1. The fraction of sp³-hybridized carbons (Fsp3) is 0.133. The first-order chi connectivity index (χ1) is 13.5. The second-order valence-electron chi connectivity index (χ2n) is 5.76. The Labute approximate surface area is 166 Å². The lowest BCUT2D eigenvalue weighted by molar-refractivity contribution is -0.137. The van der Waals surface area contributed by atoms with E-state index in [-0.39, 0.29) is 22.1 Å². The zero-order valence-corrected chi connectivity index (χ0v) is 15.7. The van der Waals surface area contributed by atoms with Crippen molar-refractivity contribution in [1.82, 2.24) is 9.82 Å². The number of aromatic nitrogens is 1. The Hall–Kier alpha value is -2.90. The lowest BCUT2D eigenvalue weighted by atomic mass is 10.2. The first-order valence-electron chi connectivity index (χ1n) is 7.70. The van der Waals surface area contributed by atoms with E-state index >= 15 is 0 Å². The summed E-state index contributed by atoms with van der Waals surface area (Å²) in [6.07, 6.45) is -4.59. The van der Waals surface area contributed by atoms with Crippen molar-refractivity contribution >= 4 is 50.6 Å². The number of sulfonamides is 1. The normalized spacial score (nSPS) is 14.5. The molecule has 1 aromatic carbocycles. The van der Waals surface area contributed by atoms with Crippen molar-refractivity contribution in [1.29, 1.82) is 0 Å². The number of carbonyl (C=O) groups excluding carboxylic acids is 2. The van der Waals surface area contributed by atoms with Gasteiger partial charge in [0.25, 0.3) is 10.0 Å². The predicted octanol–water partition coefficient (Wildman–Crippen LogP) is 2.34. The summed E-state index contributed by atoms with van der Waals surface area (Å²) < 4.78 is 62.8. The van der Waals surface area contributed by atoms with Crippen LogP contribution in [0.5, 0.6) is 0 Å². The van der Waals surface area contributed by atoms with Gasteiger partial charge in [-0.2, -0.15) is 13.2 Å². The lowest BCUT2D eigenvalue weighted by Crippen LogP contribution is -2.30. The largest absolute Gasteiger partial charge is 0.417 e. The topological polar surface area (TPSA) is 129 Å². The molecule has 0 radical (unpaired) electrons. The van der Waals surface area contributed by atoms with Crippen molar-refractivity contribution < 1.29 is 31.2 Å². The summed E-state index contributed by atoms with van der Waals surface area (Å²) >= 11 is 5.71. The number of alkyl halides is 3. The molecular weight excluding hydrogens is 439 g/mol. The van der Waals surface area contributed by atoms with E-state index in [0.29, 0.717) is 12.3 Å². The molecule has 0 spiro atoms. The summed E-state index contributed by atoms with van der Waals surface area (Å²) in [4.78, 5) is 28.2. The highest BCUT2D eigenvalue weighted by molar-refractivity contribution is 7.89. The summed E-state index contributed by atoms with van der Waals surface area (Å²) in [5.74, 6) is -1.53.